The van der Waals surface area contributed by atoms with E-state index in [2.05, 4.69) is 20.1 Å². The number of para-hydroxylation sites is 2. The minimum Gasteiger partial charge on any atom is -0.282 e. The number of fused-ring (bicyclic) bond motifs is 2. The van der Waals surface area contributed by atoms with Gasteiger partial charge in [-0.1, -0.05) is 18.2 Å². The lowest BCUT2D eigenvalue weighted by Crippen LogP contribution is -2.01. The van der Waals surface area contributed by atoms with Gasteiger partial charge < -0.3 is 0 Å². The van der Waals surface area contributed by atoms with Gasteiger partial charge in [0.25, 0.3) is 0 Å². The first-order valence-electron chi connectivity index (χ1n) is 8.11. The molecule has 3 heterocycles. The van der Waals surface area contributed by atoms with Gasteiger partial charge in [-0.3, -0.25) is 4.57 Å². The summed E-state index contributed by atoms with van der Waals surface area (Å²) in [5.74, 6) is 0.377. The van der Waals surface area contributed by atoms with Crippen LogP contribution in [0.15, 0.2) is 61.2 Å². The number of aryl methyl sites for hydroxylation is 1. The molecule has 5 rings (SSSR count). The van der Waals surface area contributed by atoms with Crippen molar-refractivity contribution in [3.05, 3.63) is 72.7 Å². The van der Waals surface area contributed by atoms with Gasteiger partial charge in [0.2, 0.25) is 0 Å². The smallest absolute Gasteiger partial charge is 0.168 e. The maximum absolute atomic E-state index is 13.7. The normalized spacial score (nSPS) is 11.5. The fraction of sp³-hybridized carbons (Fsp3) is 0.0526. The van der Waals surface area contributed by atoms with Crippen molar-refractivity contribution in [3.63, 3.8) is 0 Å². The van der Waals surface area contributed by atoms with Crippen molar-refractivity contribution in [1.29, 1.82) is 0 Å². The summed E-state index contributed by atoms with van der Waals surface area (Å²) in [4.78, 5) is 13.3. The Bertz CT molecular complexity index is 1270. The topological polar surface area (TPSA) is 61.4 Å². The summed E-state index contributed by atoms with van der Waals surface area (Å²) in [6, 6.07) is 14.1. The van der Waals surface area contributed by atoms with Gasteiger partial charge in [-0.25, -0.2) is 24.0 Å². The summed E-state index contributed by atoms with van der Waals surface area (Å²) in [6.07, 6.45) is 3.23. The standard InChI is InChI=1S/C19H13FN6/c1-12-17-18(25-11-23-15-7-2-3-8-16(15)25)21-10-22-19(17)26(24-12)14-6-4-5-13(20)9-14/h2-11H,1H3. The maximum atomic E-state index is 13.7. The molecular formula is C19H13FN6. The van der Waals surface area contributed by atoms with Crippen LogP contribution >= 0.6 is 0 Å². The van der Waals surface area contributed by atoms with Crippen LogP contribution in [0.1, 0.15) is 5.69 Å². The Morgan fingerprint density at radius 3 is 2.73 bits per heavy atom. The molecular weight excluding hydrogens is 331 g/mol. The van der Waals surface area contributed by atoms with Gasteiger partial charge in [0, 0.05) is 0 Å². The van der Waals surface area contributed by atoms with E-state index in [0.29, 0.717) is 17.2 Å². The first-order valence-corrected chi connectivity index (χ1v) is 8.11. The lowest BCUT2D eigenvalue weighted by atomic mass is 10.2. The molecule has 2 aromatic carbocycles. The number of benzene rings is 2. The molecule has 6 nitrogen and oxygen atoms in total. The molecule has 7 heteroatoms. The number of hydrogen-bond acceptors (Lipinski definition) is 4. The number of imidazole rings is 1. The SMILES string of the molecule is Cc1nn(-c2cccc(F)c2)c2ncnc(-n3cnc4ccccc43)c12. The Morgan fingerprint density at radius 2 is 1.85 bits per heavy atom. The quantitative estimate of drug-likeness (QED) is 0.491. The molecule has 26 heavy (non-hydrogen) atoms. The van der Waals surface area contributed by atoms with Crippen LogP contribution in [-0.2, 0) is 0 Å². The molecule has 126 valence electrons. The third-order valence-corrected chi connectivity index (χ3v) is 4.35. The average Bonchev–Trinajstić information content (AvgIpc) is 3.23. The highest BCUT2D eigenvalue weighted by molar-refractivity contribution is 5.89. The molecule has 0 radical (unpaired) electrons. The molecule has 0 bridgehead atoms. The Balaban J connectivity index is 1.81. The van der Waals surface area contributed by atoms with E-state index in [-0.39, 0.29) is 5.82 Å². The van der Waals surface area contributed by atoms with Crippen LogP contribution in [-0.4, -0.2) is 29.3 Å². The molecule has 0 aliphatic heterocycles. The zero-order valence-electron chi connectivity index (χ0n) is 13.8. The number of aromatic nitrogens is 6. The molecule has 0 aliphatic carbocycles. The van der Waals surface area contributed by atoms with Crippen LogP contribution in [0.25, 0.3) is 33.6 Å². The molecule has 0 saturated carbocycles. The summed E-state index contributed by atoms with van der Waals surface area (Å²) in [6.45, 7) is 1.89. The van der Waals surface area contributed by atoms with Gasteiger partial charge in [0.05, 0.1) is 27.8 Å². The number of halogens is 1. The van der Waals surface area contributed by atoms with Crippen molar-refractivity contribution in [1.82, 2.24) is 29.3 Å². The van der Waals surface area contributed by atoms with E-state index in [1.54, 1.807) is 23.1 Å². The van der Waals surface area contributed by atoms with Crippen LogP contribution in [0.5, 0.6) is 0 Å². The van der Waals surface area contributed by atoms with Crippen LogP contribution < -0.4 is 0 Å². The minimum absolute atomic E-state index is 0.321. The second-order valence-electron chi connectivity index (χ2n) is 5.98. The lowest BCUT2D eigenvalue weighted by molar-refractivity contribution is 0.625. The van der Waals surface area contributed by atoms with Crippen LogP contribution in [0.4, 0.5) is 4.39 Å². The van der Waals surface area contributed by atoms with Crippen LogP contribution in [0.2, 0.25) is 0 Å². The van der Waals surface area contributed by atoms with E-state index in [4.69, 9.17) is 0 Å². The molecule has 3 aromatic heterocycles. The highest BCUT2D eigenvalue weighted by atomic mass is 19.1. The maximum Gasteiger partial charge on any atom is 0.168 e. The van der Waals surface area contributed by atoms with E-state index in [1.165, 1.54) is 18.5 Å². The third kappa shape index (κ3) is 2.10. The minimum atomic E-state index is -0.321. The van der Waals surface area contributed by atoms with Crippen molar-refractivity contribution < 1.29 is 4.39 Å². The van der Waals surface area contributed by atoms with Crippen molar-refractivity contribution in [2.45, 2.75) is 6.92 Å². The summed E-state index contributed by atoms with van der Waals surface area (Å²) >= 11 is 0. The zero-order valence-corrected chi connectivity index (χ0v) is 13.8. The highest BCUT2D eigenvalue weighted by Gasteiger charge is 2.17. The Kier molecular flexibility index (Phi) is 3.08. The number of nitrogens with zero attached hydrogens (tertiary/aromatic N) is 6. The van der Waals surface area contributed by atoms with E-state index < -0.39 is 0 Å². The van der Waals surface area contributed by atoms with Crippen molar-refractivity contribution in [3.8, 4) is 11.5 Å². The predicted octanol–water partition coefficient (Wildman–Crippen LogP) is 3.60. The van der Waals surface area contributed by atoms with Gasteiger partial charge in [-0.05, 0) is 37.3 Å². The van der Waals surface area contributed by atoms with Crippen molar-refractivity contribution >= 4 is 22.1 Å². The van der Waals surface area contributed by atoms with E-state index in [1.807, 2.05) is 35.8 Å². The summed E-state index contributed by atoms with van der Waals surface area (Å²) in [5.41, 5.74) is 3.83. The van der Waals surface area contributed by atoms with Crippen LogP contribution in [0, 0.1) is 12.7 Å². The van der Waals surface area contributed by atoms with Crippen molar-refractivity contribution in [2.24, 2.45) is 0 Å². The number of hydrogen-bond donors (Lipinski definition) is 0. The van der Waals surface area contributed by atoms with Gasteiger partial charge in [0.15, 0.2) is 11.5 Å². The first kappa shape index (κ1) is 14.7. The van der Waals surface area contributed by atoms with Gasteiger partial charge >= 0.3 is 0 Å². The second-order valence-corrected chi connectivity index (χ2v) is 5.98. The number of rotatable bonds is 2. The Morgan fingerprint density at radius 1 is 0.962 bits per heavy atom. The van der Waals surface area contributed by atoms with E-state index in [0.717, 1.165) is 22.1 Å². The van der Waals surface area contributed by atoms with Gasteiger partial charge in [0.1, 0.15) is 18.5 Å². The lowest BCUT2D eigenvalue weighted by Gasteiger charge is -2.06. The molecule has 0 N–H and O–H groups in total. The fourth-order valence-corrected chi connectivity index (χ4v) is 3.20. The fourth-order valence-electron chi connectivity index (χ4n) is 3.20. The molecule has 0 atom stereocenters. The summed E-state index contributed by atoms with van der Waals surface area (Å²) in [5, 5.41) is 5.37. The summed E-state index contributed by atoms with van der Waals surface area (Å²) < 4.78 is 17.2. The highest BCUT2D eigenvalue weighted by Crippen LogP contribution is 2.27. The van der Waals surface area contributed by atoms with Crippen molar-refractivity contribution in [2.75, 3.05) is 0 Å². The summed E-state index contributed by atoms with van der Waals surface area (Å²) in [7, 11) is 0. The Labute approximate surface area is 147 Å². The molecule has 0 fully saturated rings. The van der Waals surface area contributed by atoms with Crippen LogP contribution in [0.3, 0.4) is 0 Å². The predicted molar refractivity (Wildman–Crippen MR) is 96.0 cm³/mol. The molecule has 0 amide bonds. The van der Waals surface area contributed by atoms with Gasteiger partial charge in [-0.2, -0.15) is 5.10 Å². The molecule has 0 saturated heterocycles. The largest absolute Gasteiger partial charge is 0.282 e. The molecule has 0 unspecified atom stereocenters. The first-order chi connectivity index (χ1) is 12.7. The molecule has 5 aromatic rings. The molecule has 0 spiro atoms. The van der Waals surface area contributed by atoms with Gasteiger partial charge in [-0.15, -0.1) is 0 Å². The van der Waals surface area contributed by atoms with E-state index >= 15 is 0 Å². The molecule has 0 aliphatic rings. The third-order valence-electron chi connectivity index (χ3n) is 4.35. The Hall–Kier alpha value is -3.61. The monoisotopic (exact) mass is 344 g/mol. The zero-order chi connectivity index (χ0) is 17.7. The van der Waals surface area contributed by atoms with E-state index in [9.17, 15) is 4.39 Å². The second kappa shape index (κ2) is 5.45. The average molecular weight is 344 g/mol.